The highest BCUT2D eigenvalue weighted by molar-refractivity contribution is 7.99. The van der Waals surface area contributed by atoms with Crippen molar-refractivity contribution in [2.24, 2.45) is 5.73 Å². The maximum Gasteiger partial charge on any atom is 0.0417 e. The predicted octanol–water partition coefficient (Wildman–Crippen LogP) is 5.12. The first-order chi connectivity index (χ1) is 9.60. The van der Waals surface area contributed by atoms with E-state index in [-0.39, 0.29) is 0 Å². The Morgan fingerprint density at radius 1 is 1.10 bits per heavy atom. The van der Waals surface area contributed by atoms with E-state index in [0.717, 1.165) is 11.4 Å². The smallest absolute Gasteiger partial charge is 0.0417 e. The molecular formula is C17H20ClNS. The number of halogens is 1. The summed E-state index contributed by atoms with van der Waals surface area (Å²) in [5.74, 6) is 0.563. The van der Waals surface area contributed by atoms with Gasteiger partial charge in [0.1, 0.15) is 0 Å². The van der Waals surface area contributed by atoms with Crippen LogP contribution in [0.5, 0.6) is 0 Å². The lowest BCUT2D eigenvalue weighted by Gasteiger charge is -2.10. The van der Waals surface area contributed by atoms with Crippen molar-refractivity contribution >= 4 is 23.4 Å². The molecule has 0 bridgehead atoms. The van der Waals surface area contributed by atoms with Crippen LogP contribution in [0.4, 0.5) is 0 Å². The Hall–Kier alpha value is -0.960. The van der Waals surface area contributed by atoms with Gasteiger partial charge >= 0.3 is 0 Å². The zero-order chi connectivity index (χ0) is 14.5. The van der Waals surface area contributed by atoms with Crippen molar-refractivity contribution in [2.45, 2.75) is 36.0 Å². The van der Waals surface area contributed by atoms with Gasteiger partial charge in [0, 0.05) is 14.8 Å². The van der Waals surface area contributed by atoms with E-state index in [2.05, 4.69) is 44.2 Å². The lowest BCUT2D eigenvalue weighted by atomic mass is 10.0. The topological polar surface area (TPSA) is 26.0 Å². The van der Waals surface area contributed by atoms with Crippen LogP contribution in [0, 0.1) is 0 Å². The normalized spacial score (nSPS) is 11.1. The highest BCUT2D eigenvalue weighted by atomic mass is 35.5. The first-order valence-electron chi connectivity index (χ1n) is 6.86. The summed E-state index contributed by atoms with van der Waals surface area (Å²) in [4.78, 5) is 2.43. The minimum Gasteiger partial charge on any atom is -0.330 e. The van der Waals surface area contributed by atoms with Gasteiger partial charge in [-0.25, -0.2) is 0 Å². The van der Waals surface area contributed by atoms with Gasteiger partial charge in [-0.2, -0.15) is 0 Å². The Balaban J connectivity index is 2.22. The fourth-order valence-corrected chi connectivity index (χ4v) is 3.28. The van der Waals surface area contributed by atoms with Crippen molar-refractivity contribution in [1.29, 1.82) is 0 Å². The van der Waals surface area contributed by atoms with Crippen LogP contribution in [-0.2, 0) is 6.42 Å². The summed E-state index contributed by atoms with van der Waals surface area (Å²) >= 11 is 7.85. The first-order valence-corrected chi connectivity index (χ1v) is 8.06. The van der Waals surface area contributed by atoms with Crippen molar-refractivity contribution < 1.29 is 0 Å². The summed E-state index contributed by atoms with van der Waals surface area (Å²) in [5, 5.41) is 0.770. The van der Waals surface area contributed by atoms with Crippen LogP contribution < -0.4 is 5.73 Å². The molecule has 0 fully saturated rings. The van der Waals surface area contributed by atoms with Crippen LogP contribution in [0.1, 0.15) is 30.9 Å². The van der Waals surface area contributed by atoms with Gasteiger partial charge in [-0.1, -0.05) is 55.4 Å². The van der Waals surface area contributed by atoms with Crippen LogP contribution in [0.15, 0.2) is 52.3 Å². The predicted molar refractivity (Wildman–Crippen MR) is 88.9 cm³/mol. The van der Waals surface area contributed by atoms with E-state index in [1.165, 1.54) is 20.9 Å². The SMILES string of the molecule is CC(C)c1ccc(Sc2cc(Cl)ccc2CCN)cc1. The van der Waals surface area contributed by atoms with E-state index >= 15 is 0 Å². The van der Waals surface area contributed by atoms with Crippen LogP contribution in [0.3, 0.4) is 0 Å². The Bertz CT molecular complexity index is 564. The van der Waals surface area contributed by atoms with Gasteiger partial charge in [-0.3, -0.25) is 0 Å². The van der Waals surface area contributed by atoms with Gasteiger partial charge in [0.2, 0.25) is 0 Å². The molecule has 2 aromatic carbocycles. The Morgan fingerprint density at radius 2 is 1.80 bits per heavy atom. The molecule has 3 heteroatoms. The lowest BCUT2D eigenvalue weighted by Crippen LogP contribution is -2.03. The molecule has 0 radical (unpaired) electrons. The third kappa shape index (κ3) is 4.02. The quantitative estimate of drug-likeness (QED) is 0.830. The van der Waals surface area contributed by atoms with Crippen LogP contribution >= 0.6 is 23.4 Å². The van der Waals surface area contributed by atoms with Gasteiger partial charge < -0.3 is 5.73 Å². The molecule has 0 saturated heterocycles. The number of rotatable bonds is 5. The Morgan fingerprint density at radius 3 is 2.40 bits per heavy atom. The van der Waals surface area contributed by atoms with Crippen molar-refractivity contribution in [2.75, 3.05) is 6.54 Å². The van der Waals surface area contributed by atoms with Crippen LogP contribution in [0.2, 0.25) is 5.02 Å². The Kier molecular flexibility index (Phi) is 5.53. The monoisotopic (exact) mass is 305 g/mol. The molecule has 0 aliphatic heterocycles. The van der Waals surface area contributed by atoms with Crippen molar-refractivity contribution in [3.05, 3.63) is 58.6 Å². The molecule has 0 heterocycles. The molecule has 0 unspecified atom stereocenters. The van der Waals surface area contributed by atoms with E-state index in [9.17, 15) is 0 Å². The first kappa shape index (κ1) is 15.4. The van der Waals surface area contributed by atoms with E-state index in [1.54, 1.807) is 11.8 Å². The molecule has 1 nitrogen and oxygen atoms in total. The molecular weight excluding hydrogens is 286 g/mol. The highest BCUT2D eigenvalue weighted by Gasteiger charge is 2.06. The second kappa shape index (κ2) is 7.16. The molecule has 0 atom stereocenters. The van der Waals surface area contributed by atoms with E-state index in [0.29, 0.717) is 12.5 Å². The van der Waals surface area contributed by atoms with Gasteiger partial charge in [0.25, 0.3) is 0 Å². The van der Waals surface area contributed by atoms with E-state index in [1.807, 2.05) is 12.1 Å². The molecule has 0 aliphatic carbocycles. The van der Waals surface area contributed by atoms with Gasteiger partial charge in [0.05, 0.1) is 0 Å². The molecule has 20 heavy (non-hydrogen) atoms. The standard InChI is InChI=1S/C17H20ClNS/c1-12(2)13-4-7-16(8-5-13)20-17-11-15(18)6-3-14(17)9-10-19/h3-8,11-12H,9-10,19H2,1-2H3. The van der Waals surface area contributed by atoms with Crippen LogP contribution in [-0.4, -0.2) is 6.54 Å². The average Bonchev–Trinajstić information content (AvgIpc) is 2.42. The molecule has 2 rings (SSSR count). The molecule has 0 aromatic heterocycles. The fraction of sp³-hybridized carbons (Fsp3) is 0.294. The Labute approximate surface area is 130 Å². The summed E-state index contributed by atoms with van der Waals surface area (Å²) < 4.78 is 0. The largest absolute Gasteiger partial charge is 0.330 e. The molecule has 106 valence electrons. The number of nitrogens with two attached hydrogens (primary N) is 1. The second-order valence-electron chi connectivity index (χ2n) is 5.12. The summed E-state index contributed by atoms with van der Waals surface area (Å²) in [6.07, 6.45) is 0.879. The molecule has 0 aliphatic rings. The zero-order valence-electron chi connectivity index (χ0n) is 11.9. The summed E-state index contributed by atoms with van der Waals surface area (Å²) in [6, 6.07) is 14.8. The molecule has 0 saturated carbocycles. The third-order valence-corrected chi connectivity index (χ3v) is 4.56. The summed E-state index contributed by atoms with van der Waals surface area (Å²) in [6.45, 7) is 5.07. The minimum absolute atomic E-state index is 0.563. The van der Waals surface area contributed by atoms with Gasteiger partial charge in [-0.05, 0) is 54.3 Å². The zero-order valence-corrected chi connectivity index (χ0v) is 13.5. The van der Waals surface area contributed by atoms with Crippen molar-refractivity contribution in [3.8, 4) is 0 Å². The fourth-order valence-electron chi connectivity index (χ4n) is 2.03. The van der Waals surface area contributed by atoms with Gasteiger partial charge in [0.15, 0.2) is 0 Å². The van der Waals surface area contributed by atoms with Crippen molar-refractivity contribution in [1.82, 2.24) is 0 Å². The molecule has 2 aromatic rings. The van der Waals surface area contributed by atoms with E-state index in [4.69, 9.17) is 17.3 Å². The average molecular weight is 306 g/mol. The molecule has 0 amide bonds. The summed E-state index contributed by atoms with van der Waals surface area (Å²) in [5.41, 5.74) is 8.29. The van der Waals surface area contributed by atoms with E-state index < -0.39 is 0 Å². The number of hydrogen-bond acceptors (Lipinski definition) is 2. The van der Waals surface area contributed by atoms with Gasteiger partial charge in [-0.15, -0.1) is 0 Å². The maximum atomic E-state index is 6.11. The molecule has 0 spiro atoms. The lowest BCUT2D eigenvalue weighted by molar-refractivity contribution is 0.865. The van der Waals surface area contributed by atoms with Crippen molar-refractivity contribution in [3.63, 3.8) is 0 Å². The van der Waals surface area contributed by atoms with Crippen LogP contribution in [0.25, 0.3) is 0 Å². The highest BCUT2D eigenvalue weighted by Crippen LogP contribution is 2.33. The second-order valence-corrected chi connectivity index (χ2v) is 6.67. The third-order valence-electron chi connectivity index (χ3n) is 3.22. The minimum atomic E-state index is 0.563. The summed E-state index contributed by atoms with van der Waals surface area (Å²) in [7, 11) is 0. The maximum absolute atomic E-state index is 6.11. The number of hydrogen-bond donors (Lipinski definition) is 1. The number of benzene rings is 2. The molecule has 2 N–H and O–H groups in total.